The average molecular weight is 437 g/mol. The number of hydrogen-bond donors (Lipinski definition) is 0. The molecule has 1 N–H and O–H groups in total. The van der Waals surface area contributed by atoms with Crippen molar-refractivity contribution in [3.8, 4) is 5.75 Å². The average Bonchev–Trinajstić information content (AvgIpc) is 2.60. The second-order valence-electron chi connectivity index (χ2n) is 5.41. The Labute approximate surface area is 169 Å². The Morgan fingerprint density at radius 1 is 1.00 bits per heavy atom. The Hall–Kier alpha value is -3.04. The third-order valence-electron chi connectivity index (χ3n) is 3.66. The van der Waals surface area contributed by atoms with Gasteiger partial charge < -0.3 is 15.4 Å². The first-order valence-electron chi connectivity index (χ1n) is 7.28. The smallest absolute Gasteiger partial charge is 0.871 e. The van der Waals surface area contributed by atoms with Crippen molar-refractivity contribution in [1.82, 2.24) is 0 Å². The van der Waals surface area contributed by atoms with Crippen LogP contribution < -0.4 is 5.11 Å². The first-order chi connectivity index (χ1) is 12.7. The maximum atomic E-state index is 11.9. The van der Waals surface area contributed by atoms with Gasteiger partial charge in [-0.2, -0.15) is 10.2 Å². The summed E-state index contributed by atoms with van der Waals surface area (Å²) in [5.41, 5.74) is 7.42. The van der Waals surface area contributed by atoms with Gasteiger partial charge in [-0.3, -0.25) is 10.1 Å². The number of nitro groups is 1. The van der Waals surface area contributed by atoms with Crippen molar-refractivity contribution in [2.24, 2.45) is 10.2 Å². The minimum Gasteiger partial charge on any atom is -0.871 e. The van der Waals surface area contributed by atoms with Gasteiger partial charge in [0.25, 0.3) is 5.69 Å². The van der Waals surface area contributed by atoms with E-state index in [1.54, 1.807) is 0 Å². The Bertz CT molecular complexity index is 1210. The molecule has 0 fully saturated rings. The van der Waals surface area contributed by atoms with E-state index < -0.39 is 25.7 Å². The van der Waals surface area contributed by atoms with E-state index in [1.165, 1.54) is 18.2 Å². The third kappa shape index (κ3) is 4.26. The maximum absolute atomic E-state index is 11.9. The van der Waals surface area contributed by atoms with Crippen molar-refractivity contribution in [3.63, 3.8) is 0 Å². The van der Waals surface area contributed by atoms with Gasteiger partial charge in [0.1, 0.15) is 10.1 Å². The Morgan fingerprint density at radius 3 is 2.32 bits per heavy atom. The minimum absolute atomic E-state index is 0. The fourth-order valence-corrected chi connectivity index (χ4v) is 2.86. The van der Waals surface area contributed by atoms with Crippen molar-refractivity contribution in [2.45, 2.75) is 4.90 Å². The van der Waals surface area contributed by atoms with E-state index in [1.807, 2.05) is 0 Å². The van der Waals surface area contributed by atoms with Crippen molar-refractivity contribution in [1.29, 1.82) is 0 Å². The molecular weight excluding hydrogens is 428 g/mol. The van der Waals surface area contributed by atoms with Crippen LogP contribution in [0.25, 0.3) is 16.5 Å². The van der Waals surface area contributed by atoms with Crippen molar-refractivity contribution < 1.29 is 40.4 Å². The summed E-state index contributed by atoms with van der Waals surface area (Å²) in [5.74, 6) is -0.709. The van der Waals surface area contributed by atoms with Gasteiger partial charge in [-0.15, -0.1) is 5.69 Å². The van der Waals surface area contributed by atoms with Crippen LogP contribution >= 0.6 is 0 Å². The number of nitrogens with one attached hydrogen (secondary N) is 1. The largest absolute Gasteiger partial charge is 3.00 e. The molecule has 0 atom stereocenters. The third-order valence-corrected chi connectivity index (χ3v) is 4.49. The summed E-state index contributed by atoms with van der Waals surface area (Å²) in [5, 5.41) is 30.8. The summed E-state index contributed by atoms with van der Waals surface area (Å²) in [4.78, 5) is 9.52. The summed E-state index contributed by atoms with van der Waals surface area (Å²) >= 11 is 0. The Balaban J connectivity index is 0.00000280. The molecular formula is C16H9CrN4O6S. The maximum Gasteiger partial charge on any atom is 3.00 e. The van der Waals surface area contributed by atoms with Crippen LogP contribution in [0.2, 0.25) is 0 Å². The molecule has 141 valence electrons. The fourth-order valence-electron chi connectivity index (χ4n) is 2.36. The number of hydrogen-bond acceptors (Lipinski definition) is 8. The number of rotatable bonds is 4. The molecule has 1 radical (unpaired) electrons. The zero-order valence-corrected chi connectivity index (χ0v) is 15.8. The van der Waals surface area contributed by atoms with Gasteiger partial charge in [0.05, 0.1) is 21.2 Å². The van der Waals surface area contributed by atoms with Crippen molar-refractivity contribution in [2.75, 3.05) is 0 Å². The number of fused-ring (bicyclic) bond motifs is 1. The van der Waals surface area contributed by atoms with E-state index in [0.29, 0.717) is 10.8 Å². The molecule has 0 bridgehead atoms. The standard InChI is InChI=1S/C16H11N4O6S.Cr/c17-13-5-1-9-7-11(27(24,25)26)3-4-12(9)16(13)19-18-14-6-2-10(20(22)23)8-15(14)21;/h1-8H,(H3-,17,18,19,21,24,25,26);/q-1;+3/p-2. The van der Waals surface area contributed by atoms with Crippen LogP contribution in [0.3, 0.4) is 0 Å². The van der Waals surface area contributed by atoms with Crippen LogP contribution in [0, 0.1) is 10.1 Å². The molecule has 28 heavy (non-hydrogen) atoms. The van der Waals surface area contributed by atoms with Gasteiger partial charge in [0.2, 0.25) is 0 Å². The summed E-state index contributed by atoms with van der Waals surface area (Å²) in [6, 6.07) is 9.41. The molecule has 3 aromatic carbocycles. The van der Waals surface area contributed by atoms with Crippen molar-refractivity contribution >= 4 is 43.6 Å². The topological polar surface area (TPSA) is 172 Å². The molecule has 0 aromatic heterocycles. The van der Waals surface area contributed by atoms with Crippen LogP contribution in [-0.4, -0.2) is 17.9 Å². The molecule has 3 rings (SSSR count). The Morgan fingerprint density at radius 2 is 1.71 bits per heavy atom. The van der Waals surface area contributed by atoms with Gasteiger partial charge in [0.15, 0.2) is 0 Å². The van der Waals surface area contributed by atoms with E-state index in [0.717, 1.165) is 30.3 Å². The molecule has 0 unspecified atom stereocenters. The van der Waals surface area contributed by atoms with Crippen LogP contribution in [0.15, 0.2) is 63.7 Å². The summed E-state index contributed by atoms with van der Waals surface area (Å²) in [6.07, 6.45) is 0. The summed E-state index contributed by atoms with van der Waals surface area (Å²) < 4.78 is 33.4. The van der Waals surface area contributed by atoms with Gasteiger partial charge in [0, 0.05) is 17.5 Å². The second kappa shape index (κ2) is 7.91. The van der Waals surface area contributed by atoms with Crippen LogP contribution in [-0.2, 0) is 27.5 Å². The van der Waals surface area contributed by atoms with Crippen LogP contribution in [0.5, 0.6) is 5.75 Å². The number of nitro benzene ring substituents is 1. The number of benzene rings is 3. The molecule has 0 aliphatic carbocycles. The SMILES string of the molecule is [Cr+3].[NH-]c1ccc2cc(S(=O)(=O)[O-])ccc2c1N=Nc1ccc([N+](=O)[O-])cc1[O-]. The van der Waals surface area contributed by atoms with E-state index in [4.69, 9.17) is 5.73 Å². The van der Waals surface area contributed by atoms with Gasteiger partial charge in [-0.1, -0.05) is 23.9 Å². The first kappa shape index (κ1) is 21.3. The van der Waals surface area contributed by atoms with Gasteiger partial charge in [-0.05, 0) is 23.6 Å². The Kier molecular flexibility index (Phi) is 6.01. The number of azo groups is 1. The zero-order valence-electron chi connectivity index (χ0n) is 13.7. The van der Waals surface area contributed by atoms with E-state index in [9.17, 15) is 28.2 Å². The van der Waals surface area contributed by atoms with Crippen LogP contribution in [0.4, 0.5) is 22.7 Å². The van der Waals surface area contributed by atoms with E-state index >= 15 is 0 Å². The predicted molar refractivity (Wildman–Crippen MR) is 92.6 cm³/mol. The first-order valence-corrected chi connectivity index (χ1v) is 8.69. The number of nitrogens with zero attached hydrogens (tertiary/aromatic N) is 3. The predicted octanol–water partition coefficient (Wildman–Crippen LogP) is 3.82. The van der Waals surface area contributed by atoms with Crippen LogP contribution in [0.1, 0.15) is 0 Å². The normalized spacial score (nSPS) is 11.5. The zero-order chi connectivity index (χ0) is 19.8. The van der Waals surface area contributed by atoms with Gasteiger partial charge >= 0.3 is 17.4 Å². The molecule has 0 aliphatic heterocycles. The molecule has 0 saturated carbocycles. The minimum atomic E-state index is -4.64. The quantitative estimate of drug-likeness (QED) is 0.260. The molecule has 0 amide bonds. The summed E-state index contributed by atoms with van der Waals surface area (Å²) in [6.45, 7) is 0. The number of non-ortho nitro benzene ring substituents is 1. The molecule has 10 nitrogen and oxygen atoms in total. The van der Waals surface area contributed by atoms with E-state index in [-0.39, 0.29) is 40.1 Å². The summed E-state index contributed by atoms with van der Waals surface area (Å²) in [7, 11) is -4.64. The molecule has 12 heteroatoms. The fraction of sp³-hybridized carbons (Fsp3) is 0. The molecule has 0 saturated heterocycles. The second-order valence-corrected chi connectivity index (χ2v) is 6.79. The monoisotopic (exact) mass is 437 g/mol. The molecule has 0 spiro atoms. The molecule has 0 heterocycles. The van der Waals surface area contributed by atoms with E-state index in [2.05, 4.69) is 10.2 Å². The molecule has 0 aliphatic rings. The molecule has 3 aromatic rings. The van der Waals surface area contributed by atoms with Gasteiger partial charge in [-0.25, -0.2) is 8.42 Å². The van der Waals surface area contributed by atoms with Crippen molar-refractivity contribution in [3.05, 3.63) is 64.4 Å².